The number of halogens is 1. The van der Waals surface area contributed by atoms with Gasteiger partial charge in [-0.05, 0) is 31.9 Å². The van der Waals surface area contributed by atoms with Crippen LogP contribution >= 0.6 is 12.4 Å². The minimum Gasteiger partial charge on any atom is -0.494 e. The zero-order chi connectivity index (χ0) is 15.7. The molecule has 0 heterocycles. The average molecular weight is 350 g/mol. The van der Waals surface area contributed by atoms with E-state index in [9.17, 15) is 13.2 Å². The third-order valence-corrected chi connectivity index (χ3v) is 4.64. The Hall–Kier alpha value is -1.51. The molecule has 9 heteroatoms. The molecule has 0 aromatic heterocycles. The molecule has 7 nitrogen and oxygen atoms in total. The molecule has 0 atom stereocenters. The second kappa shape index (κ2) is 6.72. The van der Waals surface area contributed by atoms with E-state index < -0.39 is 15.6 Å². The quantitative estimate of drug-likeness (QED) is 0.717. The van der Waals surface area contributed by atoms with Crippen molar-refractivity contribution in [2.24, 2.45) is 5.73 Å². The van der Waals surface area contributed by atoms with E-state index in [0.717, 1.165) is 0 Å². The monoisotopic (exact) mass is 349 g/mol. The summed E-state index contributed by atoms with van der Waals surface area (Å²) in [5.74, 6) is 0.0442. The number of benzene rings is 1. The average Bonchev–Trinajstić information content (AvgIpc) is 3.19. The molecule has 1 amide bonds. The summed E-state index contributed by atoms with van der Waals surface area (Å²) < 4.78 is 30.7. The molecule has 1 saturated carbocycles. The predicted octanol–water partition coefficient (Wildman–Crippen LogP) is 1.31. The second-order valence-electron chi connectivity index (χ2n) is 5.03. The summed E-state index contributed by atoms with van der Waals surface area (Å²) in [5.41, 5.74) is 5.87. The lowest BCUT2D eigenvalue weighted by atomic mass is 10.2. The van der Waals surface area contributed by atoms with Gasteiger partial charge in [0.2, 0.25) is 15.9 Å². The smallest absolute Gasteiger partial charge is 0.244 e. The fourth-order valence-corrected chi connectivity index (χ4v) is 2.36. The lowest BCUT2D eigenvalue weighted by Gasteiger charge is -2.14. The van der Waals surface area contributed by atoms with Crippen LogP contribution in [0.1, 0.15) is 19.8 Å². The van der Waals surface area contributed by atoms with Gasteiger partial charge >= 0.3 is 0 Å². The zero-order valence-electron chi connectivity index (χ0n) is 12.4. The van der Waals surface area contributed by atoms with E-state index in [1.165, 1.54) is 13.2 Å². The number of hydrogen-bond donors (Lipinski definition) is 3. The number of carbonyl (C=O) groups is 1. The van der Waals surface area contributed by atoms with Crippen molar-refractivity contribution >= 4 is 39.7 Å². The van der Waals surface area contributed by atoms with Gasteiger partial charge < -0.3 is 15.8 Å². The first kappa shape index (κ1) is 18.5. The maximum atomic E-state index is 11.9. The van der Waals surface area contributed by atoms with E-state index in [-0.39, 0.29) is 24.1 Å². The molecule has 0 aliphatic heterocycles. The number of carbonyl (C=O) groups excluding carboxylic acids is 1. The van der Waals surface area contributed by atoms with Gasteiger partial charge in [0.05, 0.1) is 24.1 Å². The predicted molar refractivity (Wildman–Crippen MR) is 88.1 cm³/mol. The van der Waals surface area contributed by atoms with Gasteiger partial charge in [-0.15, -0.1) is 12.4 Å². The van der Waals surface area contributed by atoms with Crippen molar-refractivity contribution in [1.82, 2.24) is 0 Å². The van der Waals surface area contributed by atoms with Crippen LogP contribution in [0.5, 0.6) is 5.75 Å². The largest absolute Gasteiger partial charge is 0.494 e. The van der Waals surface area contributed by atoms with Crippen molar-refractivity contribution in [3.63, 3.8) is 0 Å². The van der Waals surface area contributed by atoms with Crippen LogP contribution in [-0.4, -0.2) is 32.7 Å². The van der Waals surface area contributed by atoms with Crippen LogP contribution in [0.2, 0.25) is 0 Å². The molecule has 1 aromatic carbocycles. The standard InChI is InChI=1S/C13H19N3O4S.ClH/c1-3-21(18,19)16-10-5-4-9(8-11(10)20-2)15-12(17)13(14)6-7-13;/h4-5,8,16H,3,6-7,14H2,1-2H3,(H,15,17);1H. The summed E-state index contributed by atoms with van der Waals surface area (Å²) in [6, 6.07) is 4.69. The van der Waals surface area contributed by atoms with Crippen molar-refractivity contribution in [2.45, 2.75) is 25.3 Å². The Morgan fingerprint density at radius 2 is 2.05 bits per heavy atom. The van der Waals surface area contributed by atoms with Gasteiger partial charge in [0, 0.05) is 11.8 Å². The molecule has 0 spiro atoms. The first-order valence-electron chi connectivity index (χ1n) is 6.58. The molecule has 0 bridgehead atoms. The zero-order valence-corrected chi connectivity index (χ0v) is 14.0. The van der Waals surface area contributed by atoms with Gasteiger partial charge in [0.15, 0.2) is 0 Å². The van der Waals surface area contributed by atoms with Gasteiger partial charge in [0.25, 0.3) is 0 Å². The third kappa shape index (κ3) is 4.25. The van der Waals surface area contributed by atoms with Gasteiger partial charge in [-0.3, -0.25) is 9.52 Å². The Morgan fingerprint density at radius 3 is 2.55 bits per heavy atom. The van der Waals surface area contributed by atoms with E-state index in [2.05, 4.69) is 10.0 Å². The second-order valence-corrected chi connectivity index (χ2v) is 7.04. The highest BCUT2D eigenvalue weighted by molar-refractivity contribution is 7.92. The van der Waals surface area contributed by atoms with Crippen LogP contribution < -0.4 is 20.5 Å². The van der Waals surface area contributed by atoms with Crippen LogP contribution in [-0.2, 0) is 14.8 Å². The van der Waals surface area contributed by atoms with Gasteiger partial charge in [-0.25, -0.2) is 8.42 Å². The highest BCUT2D eigenvalue weighted by Gasteiger charge is 2.45. The first-order chi connectivity index (χ1) is 9.79. The lowest BCUT2D eigenvalue weighted by molar-refractivity contribution is -0.118. The summed E-state index contributed by atoms with van der Waals surface area (Å²) in [6.45, 7) is 1.54. The molecule has 4 N–H and O–H groups in total. The maximum absolute atomic E-state index is 11.9. The van der Waals surface area contributed by atoms with E-state index in [4.69, 9.17) is 10.5 Å². The number of nitrogens with two attached hydrogens (primary N) is 1. The molecule has 1 aliphatic rings. The number of anilines is 2. The van der Waals surface area contributed by atoms with Crippen molar-refractivity contribution in [2.75, 3.05) is 22.9 Å². The van der Waals surface area contributed by atoms with Crippen LogP contribution in [0.25, 0.3) is 0 Å². The van der Waals surface area contributed by atoms with E-state index in [1.807, 2.05) is 0 Å². The van der Waals surface area contributed by atoms with Crippen molar-refractivity contribution < 1.29 is 17.9 Å². The SMILES string of the molecule is CCS(=O)(=O)Nc1ccc(NC(=O)C2(N)CC2)cc1OC.Cl. The summed E-state index contributed by atoms with van der Waals surface area (Å²) >= 11 is 0. The molecule has 0 unspecified atom stereocenters. The van der Waals surface area contributed by atoms with E-state index >= 15 is 0 Å². The van der Waals surface area contributed by atoms with Crippen molar-refractivity contribution in [3.8, 4) is 5.75 Å². The molecule has 1 aliphatic carbocycles. The number of nitrogens with one attached hydrogen (secondary N) is 2. The number of amides is 1. The highest BCUT2D eigenvalue weighted by atomic mass is 35.5. The number of methoxy groups -OCH3 is 1. The topological polar surface area (TPSA) is 111 Å². The Labute approximate surface area is 136 Å². The van der Waals surface area contributed by atoms with Gasteiger partial charge in [-0.2, -0.15) is 0 Å². The number of ether oxygens (including phenoxy) is 1. The van der Waals surface area contributed by atoms with Gasteiger partial charge in [-0.1, -0.05) is 0 Å². The minimum absolute atomic E-state index is 0. The number of hydrogen-bond acceptors (Lipinski definition) is 5. The molecule has 0 radical (unpaired) electrons. The molecule has 1 aromatic rings. The fourth-order valence-electron chi connectivity index (χ4n) is 1.71. The highest BCUT2D eigenvalue weighted by Crippen LogP contribution is 2.34. The van der Waals surface area contributed by atoms with Crippen LogP contribution in [0.3, 0.4) is 0 Å². The third-order valence-electron chi connectivity index (χ3n) is 3.35. The fraction of sp³-hybridized carbons (Fsp3) is 0.462. The summed E-state index contributed by atoms with van der Waals surface area (Å²) in [4.78, 5) is 11.9. The van der Waals surface area contributed by atoms with Gasteiger partial charge in [0.1, 0.15) is 5.75 Å². The first-order valence-corrected chi connectivity index (χ1v) is 8.24. The molecular formula is C13H20ClN3O4S. The Morgan fingerprint density at radius 1 is 1.41 bits per heavy atom. The molecule has 0 saturated heterocycles. The Bertz CT molecular complexity index is 659. The normalized spacial score (nSPS) is 15.4. The lowest BCUT2D eigenvalue weighted by Crippen LogP contribution is -2.37. The molecule has 2 rings (SSSR count). The summed E-state index contributed by atoms with van der Waals surface area (Å²) in [7, 11) is -1.97. The van der Waals surface area contributed by atoms with Crippen LogP contribution in [0.4, 0.5) is 11.4 Å². The van der Waals surface area contributed by atoms with Crippen LogP contribution in [0, 0.1) is 0 Å². The molecule has 124 valence electrons. The number of rotatable bonds is 6. The van der Waals surface area contributed by atoms with E-state index in [0.29, 0.717) is 30.0 Å². The molecule has 22 heavy (non-hydrogen) atoms. The maximum Gasteiger partial charge on any atom is 0.244 e. The van der Waals surface area contributed by atoms with Crippen molar-refractivity contribution in [1.29, 1.82) is 0 Å². The minimum atomic E-state index is -3.39. The summed E-state index contributed by atoms with van der Waals surface area (Å²) in [6.07, 6.45) is 1.34. The van der Waals surface area contributed by atoms with E-state index in [1.54, 1.807) is 19.1 Å². The molecule has 1 fully saturated rings. The number of sulfonamides is 1. The van der Waals surface area contributed by atoms with Crippen LogP contribution in [0.15, 0.2) is 18.2 Å². The Kier molecular flexibility index (Phi) is 5.66. The summed E-state index contributed by atoms with van der Waals surface area (Å²) in [5, 5.41) is 2.70. The van der Waals surface area contributed by atoms with Crippen molar-refractivity contribution in [3.05, 3.63) is 18.2 Å². The Balaban J connectivity index is 0.00000242. The molecular weight excluding hydrogens is 330 g/mol.